The molecule has 4 heteroatoms. The maximum absolute atomic E-state index is 9.95. The van der Waals surface area contributed by atoms with Gasteiger partial charge in [0.1, 0.15) is 5.78 Å². The van der Waals surface area contributed by atoms with Crippen LogP contribution in [0, 0.1) is 0 Å². The van der Waals surface area contributed by atoms with Gasteiger partial charge >= 0.3 is 29.6 Å². The summed E-state index contributed by atoms with van der Waals surface area (Å²) < 4.78 is 0. The van der Waals surface area contributed by atoms with Gasteiger partial charge in [0.15, 0.2) is 0 Å². The quantitative estimate of drug-likeness (QED) is 0.372. The van der Waals surface area contributed by atoms with Crippen molar-refractivity contribution in [3.63, 3.8) is 0 Å². The maximum atomic E-state index is 9.95. The number of amides is 1. The van der Waals surface area contributed by atoms with Crippen molar-refractivity contribution in [1.82, 2.24) is 0 Å². The van der Waals surface area contributed by atoms with Crippen molar-refractivity contribution in [3.05, 3.63) is 0 Å². The first-order valence-corrected chi connectivity index (χ1v) is 1.90. The van der Waals surface area contributed by atoms with Crippen LogP contribution in [0.25, 0.3) is 0 Å². The van der Waals surface area contributed by atoms with Crippen LogP contribution in [0.3, 0.4) is 0 Å². The van der Waals surface area contributed by atoms with E-state index in [1.54, 1.807) is 0 Å². The molecule has 0 unspecified atom stereocenters. The minimum atomic E-state index is -0.562. The first kappa shape index (κ1) is 11.0. The van der Waals surface area contributed by atoms with E-state index in [0.29, 0.717) is 0 Å². The molecule has 0 saturated heterocycles. The van der Waals surface area contributed by atoms with Gasteiger partial charge in [-0.1, -0.05) is 0 Å². The molecule has 3 nitrogen and oxygen atoms in total. The summed E-state index contributed by atoms with van der Waals surface area (Å²) in [4.78, 5) is 19.8. The summed E-state index contributed by atoms with van der Waals surface area (Å²) in [5.74, 6) is -0.750. The number of ketones is 1. The normalized spacial score (nSPS) is 7.12. The van der Waals surface area contributed by atoms with E-state index in [2.05, 4.69) is 5.73 Å². The van der Waals surface area contributed by atoms with Crippen molar-refractivity contribution in [2.75, 3.05) is 0 Å². The predicted molar refractivity (Wildman–Crippen MR) is 31.6 cm³/mol. The van der Waals surface area contributed by atoms with E-state index in [-0.39, 0.29) is 41.8 Å². The summed E-state index contributed by atoms with van der Waals surface area (Å²) in [6.45, 7) is 1.32. The summed E-state index contributed by atoms with van der Waals surface area (Å²) in [5, 5.41) is 0. The summed E-state index contributed by atoms with van der Waals surface area (Å²) in [5.41, 5.74) is 4.63. The van der Waals surface area contributed by atoms with E-state index in [0.717, 1.165) is 0 Å². The Morgan fingerprint density at radius 3 is 1.88 bits per heavy atom. The fourth-order valence-corrected chi connectivity index (χ4v) is 0.245. The van der Waals surface area contributed by atoms with Gasteiger partial charge in [0.2, 0.25) is 5.91 Å². The molecule has 42 valence electrons. The number of Topliss-reactive ketones (excluding diaryl/α,β-unsaturated/α-hetero) is 1. The summed E-state index contributed by atoms with van der Waals surface area (Å²) in [7, 11) is 0. The van der Waals surface area contributed by atoms with E-state index in [1.165, 1.54) is 6.92 Å². The molecule has 2 N–H and O–H groups in total. The second kappa shape index (κ2) is 5.28. The molecular formula is C4H8NNaO2. The molecule has 0 aromatic rings. The summed E-state index contributed by atoms with van der Waals surface area (Å²) >= 11 is 0. The van der Waals surface area contributed by atoms with Crippen LogP contribution in [-0.4, -0.2) is 41.2 Å². The van der Waals surface area contributed by atoms with Crippen molar-refractivity contribution in [1.29, 1.82) is 0 Å². The Bertz CT molecular complexity index is 90.2. The van der Waals surface area contributed by atoms with Crippen molar-refractivity contribution in [2.24, 2.45) is 5.73 Å². The zero-order valence-corrected chi connectivity index (χ0v) is 4.10. The van der Waals surface area contributed by atoms with Gasteiger partial charge in [0.05, 0.1) is 6.42 Å². The third-order valence-corrected chi connectivity index (χ3v) is 0.423. The second-order valence-electron chi connectivity index (χ2n) is 1.35. The molecule has 0 saturated carbocycles. The van der Waals surface area contributed by atoms with E-state index >= 15 is 0 Å². The van der Waals surface area contributed by atoms with Crippen LogP contribution in [0.4, 0.5) is 0 Å². The molecule has 0 fully saturated rings. The number of carbonyl (C=O) groups excluding carboxylic acids is 2. The average Bonchev–Trinajstić information content (AvgIpc) is 1.27. The molecule has 0 rings (SSSR count). The Kier molecular flexibility index (Phi) is 7.26. The fraction of sp³-hybridized carbons (Fsp3) is 0.500. The average molecular weight is 125 g/mol. The molecule has 0 aliphatic carbocycles. The van der Waals surface area contributed by atoms with Gasteiger partial charge < -0.3 is 5.73 Å². The molecule has 8 heavy (non-hydrogen) atoms. The standard InChI is InChI=1S/C4H7NO2.Na.H/c1-3(6)2-4(5)7;;/h2H2,1H3,(H2,5,7);;. The number of primary amides is 1. The molecule has 0 heterocycles. The number of rotatable bonds is 2. The number of nitrogens with two attached hydrogens (primary N) is 1. The van der Waals surface area contributed by atoms with Crippen molar-refractivity contribution in [2.45, 2.75) is 13.3 Å². The van der Waals surface area contributed by atoms with Crippen molar-refractivity contribution in [3.8, 4) is 0 Å². The molecule has 0 aromatic heterocycles. The van der Waals surface area contributed by atoms with Gasteiger partial charge in [0, 0.05) is 0 Å². The van der Waals surface area contributed by atoms with Gasteiger partial charge in [-0.25, -0.2) is 0 Å². The van der Waals surface area contributed by atoms with Gasteiger partial charge in [-0.15, -0.1) is 0 Å². The molecule has 0 radical (unpaired) electrons. The Morgan fingerprint density at radius 1 is 1.50 bits per heavy atom. The molecule has 0 aromatic carbocycles. The Morgan fingerprint density at radius 2 is 1.88 bits per heavy atom. The molecule has 0 bridgehead atoms. The number of hydrogen-bond acceptors (Lipinski definition) is 2. The predicted octanol–water partition coefficient (Wildman–Crippen LogP) is -1.20. The first-order valence-electron chi connectivity index (χ1n) is 1.90. The van der Waals surface area contributed by atoms with Gasteiger partial charge in [0.25, 0.3) is 0 Å². The van der Waals surface area contributed by atoms with Crippen LogP contribution >= 0.6 is 0 Å². The molecule has 1 amide bonds. The molecule has 0 aliphatic heterocycles. The molecule has 0 spiro atoms. The topological polar surface area (TPSA) is 60.2 Å². The Balaban J connectivity index is 0. The minimum absolute atomic E-state index is 0. The number of carbonyl (C=O) groups is 2. The zero-order chi connectivity index (χ0) is 5.86. The van der Waals surface area contributed by atoms with Crippen LogP contribution in [0.2, 0.25) is 0 Å². The van der Waals surface area contributed by atoms with Crippen LogP contribution in [0.15, 0.2) is 0 Å². The van der Waals surface area contributed by atoms with Crippen molar-refractivity contribution < 1.29 is 9.59 Å². The molecule has 0 aliphatic rings. The van der Waals surface area contributed by atoms with Crippen LogP contribution < -0.4 is 5.73 Å². The number of hydrogen-bond donors (Lipinski definition) is 1. The Hall–Kier alpha value is 0.140. The van der Waals surface area contributed by atoms with Crippen LogP contribution in [0.1, 0.15) is 13.3 Å². The third kappa shape index (κ3) is 9.46. The summed E-state index contributed by atoms with van der Waals surface area (Å²) in [6.07, 6.45) is -0.139. The van der Waals surface area contributed by atoms with Gasteiger partial charge in [-0.2, -0.15) is 0 Å². The van der Waals surface area contributed by atoms with Crippen LogP contribution in [0.5, 0.6) is 0 Å². The Labute approximate surface area is 69.9 Å². The van der Waals surface area contributed by atoms with Crippen molar-refractivity contribution >= 4 is 41.2 Å². The van der Waals surface area contributed by atoms with Crippen LogP contribution in [-0.2, 0) is 9.59 Å². The van der Waals surface area contributed by atoms with E-state index in [1.807, 2.05) is 0 Å². The van der Waals surface area contributed by atoms with E-state index < -0.39 is 5.91 Å². The summed E-state index contributed by atoms with van der Waals surface area (Å²) in [6, 6.07) is 0. The van der Waals surface area contributed by atoms with E-state index in [4.69, 9.17) is 0 Å². The molecule has 0 atom stereocenters. The monoisotopic (exact) mass is 125 g/mol. The first-order chi connectivity index (χ1) is 3.13. The zero-order valence-electron chi connectivity index (χ0n) is 4.10. The van der Waals surface area contributed by atoms with E-state index in [9.17, 15) is 9.59 Å². The third-order valence-electron chi connectivity index (χ3n) is 0.423. The fourth-order valence-electron chi connectivity index (χ4n) is 0.245. The SMILES string of the molecule is CC(=O)CC(N)=O.[NaH]. The van der Waals surface area contributed by atoms with Gasteiger partial charge in [-0.05, 0) is 6.92 Å². The van der Waals surface area contributed by atoms with Gasteiger partial charge in [-0.3, -0.25) is 9.59 Å². The molecular weight excluding hydrogens is 117 g/mol. The second-order valence-corrected chi connectivity index (χ2v) is 1.35.